The molecule has 0 heterocycles. The van der Waals surface area contributed by atoms with Crippen LogP contribution < -0.4 is 5.32 Å². The molecule has 0 aliphatic rings. The lowest BCUT2D eigenvalue weighted by Crippen LogP contribution is -2.35. The fourth-order valence-electron chi connectivity index (χ4n) is 2.26. The molecule has 2 rings (SSSR count). The number of nitrogens with one attached hydrogen (secondary N) is 1. The van der Waals surface area contributed by atoms with Crippen molar-refractivity contribution in [3.05, 3.63) is 59.1 Å². The van der Waals surface area contributed by atoms with Crippen LogP contribution in [0.3, 0.4) is 0 Å². The smallest absolute Gasteiger partial charge is 0.254 e. The van der Waals surface area contributed by atoms with E-state index in [2.05, 4.69) is 5.32 Å². The van der Waals surface area contributed by atoms with Gasteiger partial charge in [0.15, 0.2) is 0 Å². The minimum absolute atomic E-state index is 0.0183. The summed E-state index contributed by atoms with van der Waals surface area (Å²) in [6, 6.07) is 12.8. The van der Waals surface area contributed by atoms with Crippen LogP contribution in [0.1, 0.15) is 10.4 Å². The third-order valence-corrected chi connectivity index (χ3v) is 6.02. The van der Waals surface area contributed by atoms with Crippen LogP contribution in [0.25, 0.3) is 0 Å². The Hall–Kier alpha value is -2.42. The Labute approximate surface area is 163 Å². The number of carbonyl (C=O) groups is 2. The van der Waals surface area contributed by atoms with Gasteiger partial charge in [0.2, 0.25) is 15.9 Å². The summed E-state index contributed by atoms with van der Waals surface area (Å²) in [5, 5.41) is 2.70. The third-order valence-electron chi connectivity index (χ3n) is 3.72. The molecule has 144 valence electrons. The van der Waals surface area contributed by atoms with Crippen molar-refractivity contribution >= 4 is 39.1 Å². The standard InChI is InChI=1S/C18H20ClN3O4S/c1-21(2)27(25,26)16-11-13(9-10-15(16)19)18(24)22(3)12-17(23)20-14-7-5-4-6-8-14/h4-11H,12H2,1-3H3,(H,20,23). The van der Waals surface area contributed by atoms with E-state index in [0.717, 1.165) is 4.31 Å². The first-order chi connectivity index (χ1) is 12.6. The molecule has 0 saturated heterocycles. The molecule has 9 heteroatoms. The second kappa shape index (κ2) is 8.51. The van der Waals surface area contributed by atoms with E-state index in [1.165, 1.54) is 44.2 Å². The fraction of sp³-hybridized carbons (Fsp3) is 0.222. The molecule has 0 fully saturated rings. The van der Waals surface area contributed by atoms with Crippen LogP contribution in [-0.2, 0) is 14.8 Å². The van der Waals surface area contributed by atoms with Crippen molar-refractivity contribution in [3.63, 3.8) is 0 Å². The molecule has 2 amide bonds. The van der Waals surface area contributed by atoms with Crippen molar-refractivity contribution in [1.29, 1.82) is 0 Å². The lowest BCUT2D eigenvalue weighted by molar-refractivity contribution is -0.116. The number of carbonyl (C=O) groups excluding carboxylic acids is 2. The summed E-state index contributed by atoms with van der Waals surface area (Å²) in [5.41, 5.74) is 0.740. The van der Waals surface area contributed by atoms with E-state index in [-0.39, 0.29) is 27.9 Å². The summed E-state index contributed by atoms with van der Waals surface area (Å²) in [5.74, 6) is -0.864. The first kappa shape index (κ1) is 20.9. The molecule has 2 aromatic rings. The maximum absolute atomic E-state index is 12.6. The van der Waals surface area contributed by atoms with Gasteiger partial charge in [0, 0.05) is 32.4 Å². The van der Waals surface area contributed by atoms with Crippen molar-refractivity contribution in [1.82, 2.24) is 9.21 Å². The van der Waals surface area contributed by atoms with E-state index in [1.54, 1.807) is 24.3 Å². The second-order valence-corrected chi connectivity index (χ2v) is 8.54. The van der Waals surface area contributed by atoms with Gasteiger partial charge < -0.3 is 10.2 Å². The van der Waals surface area contributed by atoms with E-state index in [0.29, 0.717) is 5.69 Å². The monoisotopic (exact) mass is 409 g/mol. The van der Waals surface area contributed by atoms with Crippen molar-refractivity contribution in [3.8, 4) is 0 Å². The highest BCUT2D eigenvalue weighted by Gasteiger charge is 2.23. The number of amides is 2. The fourth-order valence-corrected chi connectivity index (χ4v) is 3.65. The predicted octanol–water partition coefficient (Wildman–Crippen LogP) is 2.30. The third kappa shape index (κ3) is 5.06. The van der Waals surface area contributed by atoms with E-state index in [4.69, 9.17) is 11.6 Å². The maximum atomic E-state index is 12.6. The van der Waals surface area contributed by atoms with Gasteiger partial charge in [0.25, 0.3) is 5.91 Å². The van der Waals surface area contributed by atoms with Gasteiger partial charge in [-0.25, -0.2) is 12.7 Å². The second-order valence-electron chi connectivity index (χ2n) is 6.01. The lowest BCUT2D eigenvalue weighted by atomic mass is 10.2. The Morgan fingerprint density at radius 2 is 1.67 bits per heavy atom. The number of likely N-dealkylation sites (N-methyl/N-ethyl adjacent to an activating group) is 1. The molecule has 0 radical (unpaired) electrons. The zero-order valence-electron chi connectivity index (χ0n) is 15.1. The topological polar surface area (TPSA) is 86.8 Å². The van der Waals surface area contributed by atoms with Gasteiger partial charge in [-0.3, -0.25) is 9.59 Å². The molecule has 2 aromatic carbocycles. The number of para-hydroxylation sites is 1. The summed E-state index contributed by atoms with van der Waals surface area (Å²) < 4.78 is 25.7. The molecule has 0 spiro atoms. The molecule has 0 atom stereocenters. The predicted molar refractivity (Wildman–Crippen MR) is 104 cm³/mol. The van der Waals surface area contributed by atoms with Gasteiger partial charge in [-0.1, -0.05) is 29.8 Å². The highest BCUT2D eigenvalue weighted by molar-refractivity contribution is 7.89. The van der Waals surface area contributed by atoms with Crippen molar-refractivity contribution < 1.29 is 18.0 Å². The van der Waals surface area contributed by atoms with Crippen LogP contribution >= 0.6 is 11.6 Å². The summed E-state index contributed by atoms with van der Waals surface area (Å²) >= 11 is 5.99. The molecule has 27 heavy (non-hydrogen) atoms. The lowest BCUT2D eigenvalue weighted by Gasteiger charge is -2.18. The summed E-state index contributed by atoms with van der Waals surface area (Å²) in [6.45, 7) is -0.188. The maximum Gasteiger partial charge on any atom is 0.254 e. The first-order valence-corrected chi connectivity index (χ1v) is 9.77. The number of anilines is 1. The van der Waals surface area contributed by atoms with E-state index < -0.39 is 15.9 Å². The van der Waals surface area contributed by atoms with Gasteiger partial charge in [-0.05, 0) is 30.3 Å². The molecule has 0 saturated carbocycles. The highest BCUT2D eigenvalue weighted by atomic mass is 35.5. The number of halogens is 1. The largest absolute Gasteiger partial charge is 0.332 e. The SMILES string of the molecule is CN(CC(=O)Nc1ccccc1)C(=O)c1ccc(Cl)c(S(=O)(=O)N(C)C)c1. The number of hydrogen-bond acceptors (Lipinski definition) is 4. The normalized spacial score (nSPS) is 11.3. The van der Waals surface area contributed by atoms with Crippen LogP contribution in [0, 0.1) is 0 Å². The minimum Gasteiger partial charge on any atom is -0.332 e. The quantitative estimate of drug-likeness (QED) is 0.793. The Kier molecular flexibility index (Phi) is 6.59. The van der Waals surface area contributed by atoms with Crippen LogP contribution in [-0.4, -0.2) is 57.1 Å². The molecular weight excluding hydrogens is 390 g/mol. The Morgan fingerprint density at radius 1 is 1.04 bits per heavy atom. The van der Waals surface area contributed by atoms with E-state index in [1.807, 2.05) is 6.07 Å². The number of hydrogen-bond donors (Lipinski definition) is 1. The molecule has 7 nitrogen and oxygen atoms in total. The molecular formula is C18H20ClN3O4S. The Balaban J connectivity index is 2.16. The molecule has 0 bridgehead atoms. The number of benzene rings is 2. The zero-order valence-corrected chi connectivity index (χ0v) is 16.7. The molecule has 0 unspecified atom stereocenters. The van der Waals surface area contributed by atoms with Crippen LogP contribution in [0.15, 0.2) is 53.4 Å². The summed E-state index contributed by atoms with van der Waals surface area (Å²) in [7, 11) is 0.409. The van der Waals surface area contributed by atoms with Crippen molar-refractivity contribution in [2.45, 2.75) is 4.90 Å². The number of nitrogens with zero attached hydrogens (tertiary/aromatic N) is 2. The van der Waals surface area contributed by atoms with Crippen LogP contribution in [0.5, 0.6) is 0 Å². The van der Waals surface area contributed by atoms with Gasteiger partial charge >= 0.3 is 0 Å². The zero-order chi connectivity index (χ0) is 20.2. The first-order valence-electron chi connectivity index (χ1n) is 7.95. The van der Waals surface area contributed by atoms with Gasteiger partial charge in [0.05, 0.1) is 11.6 Å². The number of rotatable bonds is 6. The number of sulfonamides is 1. The van der Waals surface area contributed by atoms with E-state index in [9.17, 15) is 18.0 Å². The molecule has 1 N–H and O–H groups in total. The van der Waals surface area contributed by atoms with Gasteiger partial charge in [-0.15, -0.1) is 0 Å². The average Bonchev–Trinajstić information content (AvgIpc) is 2.61. The van der Waals surface area contributed by atoms with Gasteiger partial charge in [0.1, 0.15) is 4.90 Å². The van der Waals surface area contributed by atoms with Crippen LogP contribution in [0.2, 0.25) is 5.02 Å². The summed E-state index contributed by atoms with van der Waals surface area (Å²) in [4.78, 5) is 25.7. The van der Waals surface area contributed by atoms with E-state index >= 15 is 0 Å². The molecule has 0 aliphatic carbocycles. The Morgan fingerprint density at radius 3 is 2.26 bits per heavy atom. The minimum atomic E-state index is -3.80. The highest BCUT2D eigenvalue weighted by Crippen LogP contribution is 2.25. The van der Waals surface area contributed by atoms with Crippen molar-refractivity contribution in [2.75, 3.05) is 33.0 Å². The van der Waals surface area contributed by atoms with Crippen LogP contribution in [0.4, 0.5) is 5.69 Å². The average molecular weight is 410 g/mol. The summed E-state index contributed by atoms with van der Waals surface area (Å²) in [6.07, 6.45) is 0. The Bertz CT molecular complexity index is 946. The van der Waals surface area contributed by atoms with Crippen molar-refractivity contribution in [2.24, 2.45) is 0 Å². The van der Waals surface area contributed by atoms with Gasteiger partial charge in [-0.2, -0.15) is 0 Å². The molecule has 0 aromatic heterocycles. The molecule has 0 aliphatic heterocycles.